The van der Waals surface area contributed by atoms with Crippen LogP contribution in [0, 0.1) is 0 Å². The quantitative estimate of drug-likeness (QED) is 0.658. The molecule has 0 bridgehead atoms. The van der Waals surface area contributed by atoms with Gasteiger partial charge >= 0.3 is 0 Å². The van der Waals surface area contributed by atoms with Crippen molar-refractivity contribution in [2.24, 2.45) is 0 Å². The fraction of sp³-hybridized carbons (Fsp3) is 0.200. The minimum Gasteiger partial charge on any atom is -0.339 e. The van der Waals surface area contributed by atoms with Crippen LogP contribution in [-0.2, 0) is 17.8 Å². The number of aromatic nitrogens is 3. The molecule has 142 valence electrons. The molecule has 8 heteroatoms. The van der Waals surface area contributed by atoms with Gasteiger partial charge in [-0.25, -0.2) is 4.68 Å². The number of benzene rings is 2. The smallest absolute Gasteiger partial charge is 0.274 e. The molecule has 1 unspecified atom stereocenters. The maximum absolute atomic E-state index is 12.5. The number of amides is 2. The molecule has 2 amide bonds. The lowest BCUT2D eigenvalue weighted by Crippen LogP contribution is -2.43. The maximum atomic E-state index is 12.5. The predicted octanol–water partition coefficient (Wildman–Crippen LogP) is 1.51. The van der Waals surface area contributed by atoms with E-state index in [1.807, 2.05) is 48.5 Å². The standard InChI is InChI=1S/C20H20N5O2P/c26-19-17(10-7-14-3-1-2-4-16(14)21-19)22-20(27)18-12-25(24-23-18)11-13-5-8-15(28)9-6-13/h1-6,8-9,12,17H,7,10-11,28H2,(H,21,26)(H,22,27)/t17-/m0/s1. The number of aryl methyl sites for hydroxylation is 1. The molecule has 0 aliphatic carbocycles. The van der Waals surface area contributed by atoms with E-state index in [0.717, 1.165) is 22.1 Å². The number of para-hydroxylation sites is 1. The van der Waals surface area contributed by atoms with Gasteiger partial charge in [-0.05, 0) is 35.3 Å². The monoisotopic (exact) mass is 393 g/mol. The summed E-state index contributed by atoms with van der Waals surface area (Å²) < 4.78 is 1.61. The Morgan fingerprint density at radius 3 is 2.82 bits per heavy atom. The first-order valence-corrected chi connectivity index (χ1v) is 9.60. The van der Waals surface area contributed by atoms with E-state index in [-0.39, 0.29) is 11.6 Å². The Bertz CT molecular complexity index is 1020. The number of rotatable bonds is 4. The molecular weight excluding hydrogens is 373 g/mol. The Hall–Kier alpha value is -3.05. The molecule has 0 radical (unpaired) electrons. The third kappa shape index (κ3) is 4.10. The van der Waals surface area contributed by atoms with Gasteiger partial charge in [-0.3, -0.25) is 9.59 Å². The van der Waals surface area contributed by atoms with Crippen molar-refractivity contribution < 1.29 is 9.59 Å². The van der Waals surface area contributed by atoms with E-state index in [1.165, 1.54) is 0 Å². The summed E-state index contributed by atoms with van der Waals surface area (Å²) in [7, 11) is 2.64. The van der Waals surface area contributed by atoms with Crippen molar-refractivity contribution in [3.8, 4) is 0 Å². The summed E-state index contributed by atoms with van der Waals surface area (Å²) in [6.45, 7) is 0.518. The van der Waals surface area contributed by atoms with Gasteiger partial charge in [0, 0.05) is 5.69 Å². The molecule has 4 rings (SSSR count). The van der Waals surface area contributed by atoms with E-state index in [0.29, 0.717) is 19.4 Å². The van der Waals surface area contributed by atoms with E-state index < -0.39 is 11.9 Å². The average molecular weight is 393 g/mol. The minimum atomic E-state index is -0.611. The van der Waals surface area contributed by atoms with Gasteiger partial charge in [0.25, 0.3) is 5.91 Å². The predicted molar refractivity (Wildman–Crippen MR) is 110 cm³/mol. The third-order valence-electron chi connectivity index (χ3n) is 4.69. The first kappa shape index (κ1) is 18.3. The third-order valence-corrected chi connectivity index (χ3v) is 5.08. The fourth-order valence-corrected chi connectivity index (χ4v) is 3.36. The summed E-state index contributed by atoms with van der Waals surface area (Å²) in [5.41, 5.74) is 3.11. The molecule has 0 fully saturated rings. The molecule has 2 heterocycles. The summed E-state index contributed by atoms with van der Waals surface area (Å²) in [6.07, 6.45) is 2.83. The van der Waals surface area contributed by atoms with Crippen LogP contribution in [0.2, 0.25) is 0 Å². The number of nitrogens with zero attached hydrogens (tertiary/aromatic N) is 3. The average Bonchev–Trinajstić information content (AvgIpc) is 3.10. The molecule has 1 aliphatic rings. The zero-order valence-electron chi connectivity index (χ0n) is 15.1. The number of carbonyl (C=O) groups excluding carboxylic acids is 2. The number of nitrogens with one attached hydrogen (secondary N) is 2. The van der Waals surface area contributed by atoms with Crippen molar-refractivity contribution in [1.82, 2.24) is 20.3 Å². The van der Waals surface area contributed by atoms with Crippen LogP contribution in [0.15, 0.2) is 54.7 Å². The van der Waals surface area contributed by atoms with E-state index in [9.17, 15) is 9.59 Å². The second kappa shape index (κ2) is 7.90. The van der Waals surface area contributed by atoms with Crippen molar-refractivity contribution in [2.45, 2.75) is 25.4 Å². The Balaban J connectivity index is 1.41. The van der Waals surface area contributed by atoms with Gasteiger partial charge < -0.3 is 10.6 Å². The fourth-order valence-electron chi connectivity index (χ4n) is 3.17. The van der Waals surface area contributed by atoms with Crippen molar-refractivity contribution in [3.63, 3.8) is 0 Å². The lowest BCUT2D eigenvalue weighted by Gasteiger charge is -2.14. The molecule has 2 atom stereocenters. The van der Waals surface area contributed by atoms with E-state index in [4.69, 9.17) is 0 Å². The normalized spacial score (nSPS) is 16.0. The summed E-state index contributed by atoms with van der Waals surface area (Å²) in [5, 5.41) is 14.7. The molecule has 2 N–H and O–H groups in total. The summed E-state index contributed by atoms with van der Waals surface area (Å²) in [6, 6.07) is 15.0. The highest BCUT2D eigenvalue weighted by atomic mass is 31.0. The van der Waals surface area contributed by atoms with Crippen LogP contribution in [0.25, 0.3) is 0 Å². The molecule has 1 aliphatic heterocycles. The molecule has 3 aromatic rings. The highest BCUT2D eigenvalue weighted by Crippen LogP contribution is 2.21. The van der Waals surface area contributed by atoms with Gasteiger partial charge in [-0.1, -0.05) is 47.7 Å². The van der Waals surface area contributed by atoms with Gasteiger partial charge in [-0.2, -0.15) is 0 Å². The summed E-state index contributed by atoms with van der Waals surface area (Å²) >= 11 is 0. The van der Waals surface area contributed by atoms with Gasteiger partial charge in [0.15, 0.2) is 5.69 Å². The summed E-state index contributed by atoms with van der Waals surface area (Å²) in [5.74, 6) is -0.624. The number of fused-ring (bicyclic) bond motifs is 1. The minimum absolute atomic E-state index is 0.192. The maximum Gasteiger partial charge on any atom is 0.274 e. The molecule has 2 aromatic carbocycles. The van der Waals surface area contributed by atoms with E-state index in [2.05, 4.69) is 30.2 Å². The van der Waals surface area contributed by atoms with Gasteiger partial charge in [-0.15, -0.1) is 14.3 Å². The molecule has 0 saturated heterocycles. The topological polar surface area (TPSA) is 88.9 Å². The van der Waals surface area contributed by atoms with Gasteiger partial charge in [0.05, 0.1) is 12.7 Å². The second-order valence-electron chi connectivity index (χ2n) is 6.75. The number of anilines is 1. The second-order valence-corrected chi connectivity index (χ2v) is 7.42. The number of carbonyl (C=O) groups is 2. The zero-order chi connectivity index (χ0) is 19.5. The highest BCUT2D eigenvalue weighted by molar-refractivity contribution is 7.27. The van der Waals surface area contributed by atoms with Crippen LogP contribution >= 0.6 is 9.24 Å². The van der Waals surface area contributed by atoms with Crippen molar-refractivity contribution >= 4 is 32.0 Å². The molecule has 0 saturated carbocycles. The molecule has 28 heavy (non-hydrogen) atoms. The van der Waals surface area contributed by atoms with Crippen LogP contribution in [0.3, 0.4) is 0 Å². The van der Waals surface area contributed by atoms with Crippen LogP contribution in [0.5, 0.6) is 0 Å². The Morgan fingerprint density at radius 2 is 2.00 bits per heavy atom. The Kier molecular flexibility index (Phi) is 5.17. The molecular formula is C20H20N5O2P. The van der Waals surface area contributed by atoms with Gasteiger partial charge in [0.1, 0.15) is 6.04 Å². The largest absolute Gasteiger partial charge is 0.339 e. The van der Waals surface area contributed by atoms with Gasteiger partial charge in [0.2, 0.25) is 5.91 Å². The Morgan fingerprint density at radius 1 is 1.21 bits per heavy atom. The van der Waals surface area contributed by atoms with E-state index >= 15 is 0 Å². The van der Waals surface area contributed by atoms with Crippen LogP contribution < -0.4 is 15.9 Å². The molecule has 7 nitrogen and oxygen atoms in total. The zero-order valence-corrected chi connectivity index (χ0v) is 16.3. The molecule has 1 aromatic heterocycles. The first-order valence-electron chi connectivity index (χ1n) is 9.03. The summed E-state index contributed by atoms with van der Waals surface area (Å²) in [4.78, 5) is 25.0. The first-order chi connectivity index (χ1) is 13.6. The lowest BCUT2D eigenvalue weighted by atomic mass is 10.1. The van der Waals surface area contributed by atoms with Crippen molar-refractivity contribution in [3.05, 3.63) is 71.5 Å². The SMILES string of the molecule is O=C(N[C@H]1CCc2ccccc2NC1=O)c1cn(Cc2ccc(P)cc2)nn1. The van der Waals surface area contributed by atoms with Crippen LogP contribution in [0.1, 0.15) is 28.0 Å². The van der Waals surface area contributed by atoms with Crippen LogP contribution in [-0.4, -0.2) is 32.9 Å². The lowest BCUT2D eigenvalue weighted by molar-refractivity contribution is -0.118. The highest BCUT2D eigenvalue weighted by Gasteiger charge is 2.26. The number of hydrogen-bond donors (Lipinski definition) is 2. The van der Waals surface area contributed by atoms with Crippen molar-refractivity contribution in [2.75, 3.05) is 5.32 Å². The van der Waals surface area contributed by atoms with Crippen LogP contribution in [0.4, 0.5) is 5.69 Å². The van der Waals surface area contributed by atoms with Crippen molar-refractivity contribution in [1.29, 1.82) is 0 Å². The molecule has 0 spiro atoms. The Labute approximate surface area is 164 Å². The van der Waals surface area contributed by atoms with E-state index in [1.54, 1.807) is 10.9 Å². The number of hydrogen-bond acceptors (Lipinski definition) is 4.